The summed E-state index contributed by atoms with van der Waals surface area (Å²) in [6.45, 7) is 7.15. The molecule has 0 saturated carbocycles. The van der Waals surface area contributed by atoms with E-state index in [-0.39, 0.29) is 11.6 Å². The Kier molecular flexibility index (Phi) is 4.70. The zero-order valence-electron chi connectivity index (χ0n) is 21.0. The highest BCUT2D eigenvalue weighted by Gasteiger charge is 2.22. The number of benzene rings is 3. The topological polar surface area (TPSA) is 70.5 Å². The molecule has 182 valence electrons. The van der Waals surface area contributed by atoms with E-state index in [0.29, 0.717) is 22.2 Å². The molecule has 7 rings (SSSR count). The fourth-order valence-corrected chi connectivity index (χ4v) is 5.53. The van der Waals surface area contributed by atoms with Crippen molar-refractivity contribution in [1.82, 2.24) is 28.7 Å². The summed E-state index contributed by atoms with van der Waals surface area (Å²) < 4.78 is 6.03. The minimum atomic E-state index is -0.0867. The van der Waals surface area contributed by atoms with Gasteiger partial charge in [-0.3, -0.25) is 13.9 Å². The zero-order chi connectivity index (χ0) is 25.3. The lowest BCUT2D eigenvalue weighted by atomic mass is 10.1. The lowest BCUT2D eigenvalue weighted by molar-refractivity contribution is 0.510. The minimum absolute atomic E-state index is 0.0349. The Hall–Kier alpha value is -4.52. The number of para-hydroxylation sites is 3. The average molecular weight is 487 g/mol. The summed E-state index contributed by atoms with van der Waals surface area (Å²) in [6.07, 6.45) is 2.49. The summed E-state index contributed by atoms with van der Waals surface area (Å²) in [5.41, 5.74) is 6.54. The van der Waals surface area contributed by atoms with Crippen LogP contribution in [0.25, 0.3) is 60.7 Å². The van der Waals surface area contributed by atoms with E-state index in [1.165, 1.54) is 16.4 Å². The highest BCUT2D eigenvalue weighted by Crippen LogP contribution is 2.34. The Morgan fingerprint density at radius 1 is 0.838 bits per heavy atom. The number of aryl methyl sites for hydroxylation is 1. The lowest BCUT2D eigenvalue weighted by Gasteiger charge is -2.12. The molecular formula is C30H26N6O. The summed E-state index contributed by atoms with van der Waals surface area (Å²) in [6, 6.07) is 22.7. The molecule has 1 atom stereocenters. The van der Waals surface area contributed by atoms with E-state index >= 15 is 0 Å². The molecule has 0 spiro atoms. The second-order valence-electron chi connectivity index (χ2n) is 9.60. The van der Waals surface area contributed by atoms with E-state index in [4.69, 9.17) is 15.0 Å². The van der Waals surface area contributed by atoms with Crippen molar-refractivity contribution in [3.8, 4) is 5.69 Å². The van der Waals surface area contributed by atoms with Gasteiger partial charge in [-0.25, -0.2) is 15.0 Å². The predicted molar refractivity (Wildman–Crippen MR) is 150 cm³/mol. The molecule has 0 amide bonds. The maximum Gasteiger partial charge on any atom is 0.265 e. The molecule has 0 radical (unpaired) electrons. The van der Waals surface area contributed by atoms with Crippen molar-refractivity contribution in [3.05, 3.63) is 83.4 Å². The molecule has 7 nitrogen and oxygen atoms in total. The van der Waals surface area contributed by atoms with Gasteiger partial charge in [-0.1, -0.05) is 37.3 Å². The first kappa shape index (κ1) is 21.7. The fourth-order valence-electron chi connectivity index (χ4n) is 5.53. The lowest BCUT2D eigenvalue weighted by Crippen LogP contribution is -2.23. The number of aromatic nitrogens is 6. The third-order valence-corrected chi connectivity index (χ3v) is 7.59. The molecule has 37 heavy (non-hydrogen) atoms. The van der Waals surface area contributed by atoms with E-state index < -0.39 is 0 Å². The summed E-state index contributed by atoms with van der Waals surface area (Å²) in [5, 5.41) is 2.87. The van der Waals surface area contributed by atoms with E-state index in [1.807, 2.05) is 35.8 Å². The van der Waals surface area contributed by atoms with Crippen molar-refractivity contribution >= 4 is 55.0 Å². The fraction of sp³-hybridized carbons (Fsp3) is 0.200. The van der Waals surface area contributed by atoms with Gasteiger partial charge >= 0.3 is 0 Å². The Labute approximate surface area is 212 Å². The molecule has 3 aromatic carbocycles. The Morgan fingerprint density at radius 2 is 1.57 bits per heavy atom. The van der Waals surface area contributed by atoms with Gasteiger partial charge in [0.1, 0.15) is 17.2 Å². The molecule has 4 heterocycles. The molecule has 0 aliphatic carbocycles. The van der Waals surface area contributed by atoms with Crippen LogP contribution in [0.2, 0.25) is 0 Å². The molecule has 7 aromatic rings. The summed E-state index contributed by atoms with van der Waals surface area (Å²) in [7, 11) is 0. The second-order valence-corrected chi connectivity index (χ2v) is 9.60. The van der Waals surface area contributed by atoms with Crippen molar-refractivity contribution < 1.29 is 0 Å². The van der Waals surface area contributed by atoms with Crippen LogP contribution in [0.4, 0.5) is 0 Å². The largest absolute Gasteiger partial charge is 0.341 e. The van der Waals surface area contributed by atoms with E-state index in [9.17, 15) is 4.79 Å². The van der Waals surface area contributed by atoms with E-state index in [1.54, 1.807) is 10.9 Å². The first-order valence-electron chi connectivity index (χ1n) is 12.8. The van der Waals surface area contributed by atoms with Crippen molar-refractivity contribution in [2.45, 2.75) is 39.8 Å². The quantitative estimate of drug-likeness (QED) is 0.289. The van der Waals surface area contributed by atoms with Gasteiger partial charge in [0.05, 0.1) is 11.0 Å². The summed E-state index contributed by atoms with van der Waals surface area (Å²) >= 11 is 0. The average Bonchev–Trinajstić information content (AvgIpc) is 3.43. The Bertz CT molecular complexity index is 2060. The molecule has 0 bridgehead atoms. The smallest absolute Gasteiger partial charge is 0.265 e. The van der Waals surface area contributed by atoms with Gasteiger partial charge in [0, 0.05) is 40.1 Å². The first-order chi connectivity index (χ1) is 18.1. The molecule has 7 heteroatoms. The van der Waals surface area contributed by atoms with Crippen LogP contribution in [0, 0.1) is 0 Å². The molecule has 0 fully saturated rings. The molecule has 1 unspecified atom stereocenters. The van der Waals surface area contributed by atoms with Gasteiger partial charge in [-0.05, 0) is 56.7 Å². The first-order valence-corrected chi connectivity index (χ1v) is 12.8. The third kappa shape index (κ3) is 3.00. The number of fused-ring (bicyclic) bond motifs is 7. The van der Waals surface area contributed by atoms with Gasteiger partial charge in [-0.15, -0.1) is 0 Å². The van der Waals surface area contributed by atoms with Gasteiger partial charge in [0.2, 0.25) is 0 Å². The molecule has 0 aliphatic heterocycles. The maximum absolute atomic E-state index is 13.8. The van der Waals surface area contributed by atoms with Crippen LogP contribution in [0.1, 0.15) is 33.2 Å². The monoisotopic (exact) mass is 486 g/mol. The Morgan fingerprint density at radius 3 is 2.35 bits per heavy atom. The zero-order valence-corrected chi connectivity index (χ0v) is 21.0. The summed E-state index contributed by atoms with van der Waals surface area (Å²) in [5.74, 6) is 0. The second kappa shape index (κ2) is 8.00. The Balaban J connectivity index is 1.63. The van der Waals surface area contributed by atoms with Crippen LogP contribution in [0.3, 0.4) is 0 Å². The van der Waals surface area contributed by atoms with E-state index in [0.717, 1.165) is 35.1 Å². The molecule has 0 aliphatic rings. The molecular weight excluding hydrogens is 460 g/mol. The number of hydrogen-bond donors (Lipinski definition) is 0. The van der Waals surface area contributed by atoms with Crippen LogP contribution in [-0.4, -0.2) is 28.7 Å². The highest BCUT2D eigenvalue weighted by atomic mass is 16.1. The molecule has 0 N–H and O–H groups in total. The minimum Gasteiger partial charge on any atom is -0.341 e. The maximum atomic E-state index is 13.8. The van der Waals surface area contributed by atoms with Crippen molar-refractivity contribution in [3.63, 3.8) is 0 Å². The normalized spacial score (nSPS) is 12.9. The number of hydrogen-bond acceptors (Lipinski definition) is 4. The molecule has 0 saturated heterocycles. The van der Waals surface area contributed by atoms with Crippen LogP contribution in [0.15, 0.2) is 77.9 Å². The van der Waals surface area contributed by atoms with Crippen LogP contribution in [-0.2, 0) is 6.54 Å². The highest BCUT2D eigenvalue weighted by molar-refractivity contribution is 6.10. The van der Waals surface area contributed by atoms with Gasteiger partial charge in [-0.2, -0.15) is 0 Å². The summed E-state index contributed by atoms with van der Waals surface area (Å²) in [4.78, 5) is 28.5. The van der Waals surface area contributed by atoms with Crippen LogP contribution in [0.5, 0.6) is 0 Å². The standard InChI is InChI=1S/C30H26N6O/c1-4-18(3)35-17-31-28-26(30(35)37)27-29(33-23-12-8-7-11-22(23)32-27)36(28)19-14-15-25-21(16-19)20-10-6-9-13-24(20)34(25)5-2/h6-18H,4-5H2,1-3H3. The predicted octanol–water partition coefficient (Wildman–Crippen LogP) is 6.38. The van der Waals surface area contributed by atoms with Gasteiger partial charge < -0.3 is 4.57 Å². The van der Waals surface area contributed by atoms with E-state index in [2.05, 4.69) is 60.9 Å². The van der Waals surface area contributed by atoms with Gasteiger partial charge in [0.15, 0.2) is 11.3 Å². The van der Waals surface area contributed by atoms with Crippen LogP contribution >= 0.6 is 0 Å². The molecule has 4 aromatic heterocycles. The SMILES string of the molecule is CCC(C)n1cnc2c(c1=O)c1nc3ccccc3nc1n2-c1ccc2c(c1)c1ccccc1n2CC. The van der Waals surface area contributed by atoms with Gasteiger partial charge in [0.25, 0.3) is 5.56 Å². The van der Waals surface area contributed by atoms with Crippen molar-refractivity contribution in [2.75, 3.05) is 0 Å². The number of nitrogens with zero attached hydrogens (tertiary/aromatic N) is 6. The van der Waals surface area contributed by atoms with Crippen LogP contribution < -0.4 is 5.56 Å². The van der Waals surface area contributed by atoms with Crippen molar-refractivity contribution in [1.29, 1.82) is 0 Å². The third-order valence-electron chi connectivity index (χ3n) is 7.59. The van der Waals surface area contributed by atoms with Crippen molar-refractivity contribution in [2.24, 2.45) is 0 Å². The number of rotatable bonds is 4.